The van der Waals surface area contributed by atoms with Crippen LogP contribution in [0.2, 0.25) is 0 Å². The Morgan fingerprint density at radius 3 is 2.23 bits per heavy atom. The van der Waals surface area contributed by atoms with Crippen molar-refractivity contribution >= 4 is 12.1 Å². The molecule has 3 heteroatoms. The Hall–Kier alpha value is -3.20. The summed E-state index contributed by atoms with van der Waals surface area (Å²) < 4.78 is 6.04. The number of Topliss-reactive ketones (excluding diaryl/α,β-unsaturated/α-hetero) is 1. The highest BCUT2D eigenvalue weighted by Gasteiger charge is 2.39. The lowest BCUT2D eigenvalue weighted by atomic mass is 9.66. The van der Waals surface area contributed by atoms with E-state index in [0.29, 0.717) is 29.9 Å². The molecule has 1 aliphatic rings. The van der Waals surface area contributed by atoms with Gasteiger partial charge in [0.2, 0.25) is 0 Å². The van der Waals surface area contributed by atoms with Crippen LogP contribution in [0.1, 0.15) is 57.2 Å². The molecular weight excluding hydrogens is 372 g/mol. The third kappa shape index (κ3) is 4.20. The number of carbonyl (C=O) groups is 2. The van der Waals surface area contributed by atoms with Crippen molar-refractivity contribution in [1.29, 1.82) is 0 Å². The number of hydrogen-bond acceptors (Lipinski definition) is 3. The second-order valence-corrected chi connectivity index (χ2v) is 8.24. The van der Waals surface area contributed by atoms with Crippen molar-refractivity contribution < 1.29 is 14.3 Å². The van der Waals surface area contributed by atoms with Gasteiger partial charge in [-0.2, -0.15) is 0 Å². The molecule has 30 heavy (non-hydrogen) atoms. The number of ether oxygens (including phenoxy) is 1. The molecule has 1 aliphatic carbocycles. The minimum Gasteiger partial charge on any atom is -0.488 e. The van der Waals surface area contributed by atoms with Crippen LogP contribution < -0.4 is 4.74 Å². The zero-order valence-corrected chi connectivity index (χ0v) is 17.3. The average Bonchev–Trinajstić information content (AvgIpc) is 2.78. The summed E-state index contributed by atoms with van der Waals surface area (Å²) in [6.45, 7) is 2.52. The average molecular weight is 399 g/mol. The summed E-state index contributed by atoms with van der Waals surface area (Å²) in [5, 5.41) is 0. The van der Waals surface area contributed by atoms with Gasteiger partial charge in [-0.3, -0.25) is 9.59 Å². The van der Waals surface area contributed by atoms with Crippen LogP contribution in [0.15, 0.2) is 72.8 Å². The van der Waals surface area contributed by atoms with Gasteiger partial charge in [-0.1, -0.05) is 67.6 Å². The Kier molecular flexibility index (Phi) is 5.80. The van der Waals surface area contributed by atoms with Crippen molar-refractivity contribution in [1.82, 2.24) is 0 Å². The molecule has 0 saturated heterocycles. The number of rotatable bonds is 7. The third-order valence-electron chi connectivity index (χ3n) is 6.13. The maximum Gasteiger partial charge on any atom is 0.167 e. The lowest BCUT2D eigenvalue weighted by Gasteiger charge is -2.37. The smallest absolute Gasteiger partial charge is 0.167 e. The van der Waals surface area contributed by atoms with Gasteiger partial charge in [0, 0.05) is 12.0 Å². The first-order valence-electron chi connectivity index (χ1n) is 10.5. The molecule has 1 atom stereocenters. The SMILES string of the molecule is CCC1(Cc2ccccc2)CC(=O)c2c(cc(C=O)cc2OCc2ccccc2)C1. The van der Waals surface area contributed by atoms with Crippen LogP contribution in [-0.2, 0) is 19.4 Å². The molecule has 3 aromatic rings. The molecule has 0 aromatic heterocycles. The Labute approximate surface area is 177 Å². The van der Waals surface area contributed by atoms with E-state index in [2.05, 4.69) is 19.1 Å². The van der Waals surface area contributed by atoms with Crippen molar-refractivity contribution in [3.8, 4) is 5.75 Å². The molecule has 3 aromatic carbocycles. The lowest BCUT2D eigenvalue weighted by molar-refractivity contribution is 0.0870. The number of carbonyl (C=O) groups excluding carboxylic acids is 2. The number of hydrogen-bond donors (Lipinski definition) is 0. The Morgan fingerprint density at radius 1 is 0.933 bits per heavy atom. The fraction of sp³-hybridized carbons (Fsp3) is 0.259. The van der Waals surface area contributed by atoms with E-state index in [1.54, 1.807) is 6.07 Å². The highest BCUT2D eigenvalue weighted by Crippen LogP contribution is 2.44. The summed E-state index contributed by atoms with van der Waals surface area (Å²) in [6.07, 6.45) is 3.84. The molecule has 0 saturated carbocycles. The molecule has 3 nitrogen and oxygen atoms in total. The molecule has 0 aliphatic heterocycles. The maximum absolute atomic E-state index is 13.3. The zero-order valence-electron chi connectivity index (χ0n) is 17.3. The van der Waals surface area contributed by atoms with Crippen molar-refractivity contribution in [2.75, 3.05) is 0 Å². The molecule has 0 radical (unpaired) electrons. The normalized spacial score (nSPS) is 18.0. The van der Waals surface area contributed by atoms with Gasteiger partial charge in [0.25, 0.3) is 0 Å². The quantitative estimate of drug-likeness (QED) is 0.469. The van der Waals surface area contributed by atoms with Crippen LogP contribution in [0.25, 0.3) is 0 Å². The van der Waals surface area contributed by atoms with Crippen molar-refractivity contribution in [2.24, 2.45) is 5.41 Å². The lowest BCUT2D eigenvalue weighted by Crippen LogP contribution is -2.34. The Morgan fingerprint density at radius 2 is 1.60 bits per heavy atom. The maximum atomic E-state index is 13.3. The Balaban J connectivity index is 1.67. The largest absolute Gasteiger partial charge is 0.488 e. The van der Waals surface area contributed by atoms with Crippen LogP contribution in [0, 0.1) is 5.41 Å². The van der Waals surface area contributed by atoms with E-state index < -0.39 is 0 Å². The van der Waals surface area contributed by atoms with Gasteiger partial charge < -0.3 is 4.74 Å². The fourth-order valence-corrected chi connectivity index (χ4v) is 4.49. The third-order valence-corrected chi connectivity index (χ3v) is 6.13. The summed E-state index contributed by atoms with van der Waals surface area (Å²) >= 11 is 0. The van der Waals surface area contributed by atoms with Crippen molar-refractivity contribution in [3.63, 3.8) is 0 Å². The minimum absolute atomic E-state index is 0.106. The fourth-order valence-electron chi connectivity index (χ4n) is 4.49. The molecule has 0 heterocycles. The summed E-state index contributed by atoms with van der Waals surface area (Å²) in [5.41, 5.74) is 4.26. The molecule has 4 rings (SSSR count). The minimum atomic E-state index is -0.135. The summed E-state index contributed by atoms with van der Waals surface area (Å²) in [7, 11) is 0. The summed E-state index contributed by atoms with van der Waals surface area (Å²) in [4.78, 5) is 24.9. The molecule has 0 N–H and O–H groups in total. The number of benzene rings is 3. The predicted octanol–water partition coefficient (Wildman–Crippen LogP) is 5.85. The van der Waals surface area contributed by atoms with Gasteiger partial charge in [0.05, 0.1) is 5.56 Å². The van der Waals surface area contributed by atoms with E-state index in [1.165, 1.54) is 5.56 Å². The van der Waals surface area contributed by atoms with E-state index in [9.17, 15) is 9.59 Å². The van der Waals surface area contributed by atoms with Gasteiger partial charge in [0.1, 0.15) is 18.6 Å². The van der Waals surface area contributed by atoms with Crippen LogP contribution in [0.5, 0.6) is 5.75 Å². The number of aldehydes is 1. The number of fused-ring (bicyclic) bond motifs is 1. The summed E-state index contributed by atoms with van der Waals surface area (Å²) in [5.74, 6) is 0.627. The first-order valence-corrected chi connectivity index (χ1v) is 10.5. The first kappa shape index (κ1) is 20.1. The molecule has 0 amide bonds. The second-order valence-electron chi connectivity index (χ2n) is 8.24. The van der Waals surface area contributed by atoms with Gasteiger partial charge in [0.15, 0.2) is 5.78 Å². The van der Waals surface area contributed by atoms with E-state index in [1.807, 2.05) is 54.6 Å². The van der Waals surface area contributed by atoms with Gasteiger partial charge in [-0.05, 0) is 53.5 Å². The van der Waals surface area contributed by atoms with E-state index in [0.717, 1.165) is 36.7 Å². The zero-order chi connectivity index (χ0) is 21.0. The Bertz CT molecular complexity index is 1040. The molecule has 0 fully saturated rings. The molecule has 1 unspecified atom stereocenters. The predicted molar refractivity (Wildman–Crippen MR) is 118 cm³/mol. The number of ketones is 1. The molecule has 152 valence electrons. The van der Waals surface area contributed by atoms with Crippen LogP contribution in [0.4, 0.5) is 0 Å². The molecule has 0 spiro atoms. The first-order chi connectivity index (χ1) is 14.6. The van der Waals surface area contributed by atoms with Crippen molar-refractivity contribution in [2.45, 2.75) is 39.2 Å². The van der Waals surface area contributed by atoms with Gasteiger partial charge >= 0.3 is 0 Å². The highest BCUT2D eigenvalue weighted by atomic mass is 16.5. The van der Waals surface area contributed by atoms with Crippen LogP contribution in [0.3, 0.4) is 0 Å². The second kappa shape index (κ2) is 8.66. The van der Waals surface area contributed by atoms with E-state index in [4.69, 9.17) is 4.74 Å². The van der Waals surface area contributed by atoms with E-state index >= 15 is 0 Å². The van der Waals surface area contributed by atoms with Gasteiger partial charge in [-0.25, -0.2) is 0 Å². The standard InChI is InChI=1S/C27H26O3/c1-2-27(15-20-9-5-3-6-10-20)16-23-13-22(18-28)14-25(26(23)24(29)17-27)30-19-21-11-7-4-8-12-21/h3-14,18H,2,15-17,19H2,1H3. The van der Waals surface area contributed by atoms with Crippen molar-refractivity contribution in [3.05, 3.63) is 101 Å². The van der Waals surface area contributed by atoms with E-state index in [-0.39, 0.29) is 11.2 Å². The monoisotopic (exact) mass is 398 g/mol. The van der Waals surface area contributed by atoms with Crippen LogP contribution in [-0.4, -0.2) is 12.1 Å². The summed E-state index contributed by atoms with van der Waals surface area (Å²) in [6, 6.07) is 23.7. The van der Waals surface area contributed by atoms with Gasteiger partial charge in [-0.15, -0.1) is 0 Å². The topological polar surface area (TPSA) is 43.4 Å². The molecule has 0 bridgehead atoms. The molecular formula is C27H26O3. The van der Waals surface area contributed by atoms with Crippen LogP contribution >= 0.6 is 0 Å². The highest BCUT2D eigenvalue weighted by molar-refractivity contribution is 6.02.